The SMILES string of the molecule is NNC(c1ncc(Cl)cc1Cl)c1c(F)cccc1Cl. The third-order valence-electron chi connectivity index (χ3n) is 2.56. The van der Waals surface area contributed by atoms with Crippen molar-refractivity contribution in [3.63, 3.8) is 0 Å². The molecule has 1 aromatic heterocycles. The highest BCUT2D eigenvalue weighted by Crippen LogP contribution is 2.33. The standard InChI is InChI=1S/C12H9Cl3FN3/c13-6-4-8(15)11(18-5-6)12(19-17)10-7(14)2-1-3-9(10)16/h1-5,12,19H,17H2. The molecule has 1 aromatic carbocycles. The summed E-state index contributed by atoms with van der Waals surface area (Å²) in [5, 5.41) is 0.884. The summed E-state index contributed by atoms with van der Waals surface area (Å²) in [5.74, 6) is 4.98. The van der Waals surface area contributed by atoms with Crippen LogP contribution in [0.15, 0.2) is 30.5 Å². The molecule has 7 heteroatoms. The van der Waals surface area contributed by atoms with E-state index in [9.17, 15) is 4.39 Å². The van der Waals surface area contributed by atoms with Gasteiger partial charge >= 0.3 is 0 Å². The number of nitrogens with one attached hydrogen (secondary N) is 1. The van der Waals surface area contributed by atoms with Crippen LogP contribution in [0, 0.1) is 5.82 Å². The van der Waals surface area contributed by atoms with Crippen molar-refractivity contribution in [3.05, 3.63) is 62.6 Å². The van der Waals surface area contributed by atoms with E-state index in [4.69, 9.17) is 40.6 Å². The van der Waals surface area contributed by atoms with Gasteiger partial charge in [0.2, 0.25) is 0 Å². The lowest BCUT2D eigenvalue weighted by molar-refractivity contribution is 0.553. The zero-order chi connectivity index (χ0) is 14.0. The van der Waals surface area contributed by atoms with Crippen molar-refractivity contribution in [2.24, 2.45) is 5.84 Å². The van der Waals surface area contributed by atoms with E-state index in [0.29, 0.717) is 10.7 Å². The normalized spacial score (nSPS) is 12.5. The summed E-state index contributed by atoms with van der Waals surface area (Å²) >= 11 is 17.8. The summed E-state index contributed by atoms with van der Waals surface area (Å²) in [7, 11) is 0. The highest BCUT2D eigenvalue weighted by Gasteiger charge is 2.23. The molecule has 0 aliphatic carbocycles. The topological polar surface area (TPSA) is 50.9 Å². The Morgan fingerprint density at radius 2 is 1.95 bits per heavy atom. The lowest BCUT2D eigenvalue weighted by Crippen LogP contribution is -2.30. The number of nitrogens with zero attached hydrogens (tertiary/aromatic N) is 1. The van der Waals surface area contributed by atoms with Gasteiger partial charge in [0, 0.05) is 16.8 Å². The second-order valence-corrected chi connectivity index (χ2v) is 5.01. The molecule has 0 aliphatic rings. The third kappa shape index (κ3) is 2.99. The van der Waals surface area contributed by atoms with Crippen LogP contribution >= 0.6 is 34.8 Å². The first-order valence-corrected chi connectivity index (χ1v) is 6.39. The second kappa shape index (κ2) is 6.03. The summed E-state index contributed by atoms with van der Waals surface area (Å²) in [4.78, 5) is 4.08. The van der Waals surface area contributed by atoms with E-state index >= 15 is 0 Å². The fourth-order valence-corrected chi connectivity index (χ4v) is 2.48. The largest absolute Gasteiger partial charge is 0.271 e. The van der Waals surface area contributed by atoms with Crippen molar-refractivity contribution < 1.29 is 4.39 Å². The Balaban J connectivity index is 2.56. The van der Waals surface area contributed by atoms with Crippen molar-refractivity contribution in [1.29, 1.82) is 0 Å². The number of hydrogen-bond donors (Lipinski definition) is 2. The minimum absolute atomic E-state index is 0.184. The van der Waals surface area contributed by atoms with Crippen LogP contribution < -0.4 is 11.3 Å². The van der Waals surface area contributed by atoms with Gasteiger partial charge in [0.1, 0.15) is 5.82 Å². The number of nitrogens with two attached hydrogens (primary N) is 1. The van der Waals surface area contributed by atoms with Crippen LogP contribution in [-0.4, -0.2) is 4.98 Å². The van der Waals surface area contributed by atoms with Gasteiger partial charge in [-0.15, -0.1) is 0 Å². The zero-order valence-corrected chi connectivity index (χ0v) is 11.8. The lowest BCUT2D eigenvalue weighted by atomic mass is 10.0. The highest BCUT2D eigenvalue weighted by atomic mass is 35.5. The van der Waals surface area contributed by atoms with E-state index < -0.39 is 11.9 Å². The number of aromatic nitrogens is 1. The molecule has 1 unspecified atom stereocenters. The van der Waals surface area contributed by atoms with Crippen LogP contribution in [0.5, 0.6) is 0 Å². The Morgan fingerprint density at radius 1 is 1.21 bits per heavy atom. The molecular weight excluding hydrogens is 312 g/mol. The van der Waals surface area contributed by atoms with Gasteiger partial charge < -0.3 is 0 Å². The maximum absolute atomic E-state index is 13.9. The maximum atomic E-state index is 13.9. The highest BCUT2D eigenvalue weighted by molar-refractivity contribution is 6.35. The Morgan fingerprint density at radius 3 is 2.53 bits per heavy atom. The predicted octanol–water partition coefficient (Wildman–Crippen LogP) is 3.73. The van der Waals surface area contributed by atoms with E-state index in [1.807, 2.05) is 0 Å². The van der Waals surface area contributed by atoms with E-state index in [-0.39, 0.29) is 15.6 Å². The molecular formula is C12H9Cl3FN3. The molecule has 0 aliphatic heterocycles. The van der Waals surface area contributed by atoms with Crippen LogP contribution in [0.25, 0.3) is 0 Å². The van der Waals surface area contributed by atoms with Crippen molar-refractivity contribution in [2.75, 3.05) is 0 Å². The molecule has 3 N–H and O–H groups in total. The molecule has 0 spiro atoms. The third-order valence-corrected chi connectivity index (χ3v) is 3.40. The van der Waals surface area contributed by atoms with Crippen LogP contribution in [-0.2, 0) is 0 Å². The quantitative estimate of drug-likeness (QED) is 0.669. The van der Waals surface area contributed by atoms with E-state index in [1.165, 1.54) is 24.4 Å². The molecule has 0 saturated heterocycles. The molecule has 2 rings (SSSR count). The van der Waals surface area contributed by atoms with Crippen molar-refractivity contribution in [3.8, 4) is 0 Å². The van der Waals surface area contributed by atoms with Gasteiger partial charge in [0.15, 0.2) is 0 Å². The fourth-order valence-electron chi connectivity index (χ4n) is 1.72. The molecule has 19 heavy (non-hydrogen) atoms. The number of hydrogen-bond acceptors (Lipinski definition) is 3. The average Bonchev–Trinajstić information content (AvgIpc) is 2.35. The molecule has 2 aromatic rings. The Kier molecular flexibility index (Phi) is 4.60. The average molecular weight is 321 g/mol. The summed E-state index contributed by atoms with van der Waals surface area (Å²) in [6.07, 6.45) is 1.40. The van der Waals surface area contributed by atoms with Crippen LogP contribution in [0.4, 0.5) is 4.39 Å². The van der Waals surface area contributed by atoms with Gasteiger partial charge in [-0.25, -0.2) is 9.82 Å². The van der Waals surface area contributed by atoms with E-state index in [1.54, 1.807) is 6.07 Å². The van der Waals surface area contributed by atoms with Crippen molar-refractivity contribution in [2.45, 2.75) is 6.04 Å². The minimum Gasteiger partial charge on any atom is -0.271 e. The van der Waals surface area contributed by atoms with Crippen molar-refractivity contribution >= 4 is 34.8 Å². The van der Waals surface area contributed by atoms with Crippen LogP contribution in [0.2, 0.25) is 15.1 Å². The molecule has 0 amide bonds. The minimum atomic E-state index is -0.765. The number of rotatable bonds is 3. The first-order valence-electron chi connectivity index (χ1n) is 5.25. The zero-order valence-electron chi connectivity index (χ0n) is 9.50. The molecule has 100 valence electrons. The Bertz CT molecular complexity index is 587. The number of halogens is 4. The molecule has 0 saturated carbocycles. The summed E-state index contributed by atoms with van der Waals surface area (Å²) in [6.45, 7) is 0. The number of hydrazine groups is 1. The van der Waals surface area contributed by atoms with Gasteiger partial charge in [0.05, 0.1) is 21.8 Å². The number of pyridine rings is 1. The molecule has 0 bridgehead atoms. The van der Waals surface area contributed by atoms with Crippen LogP contribution in [0.1, 0.15) is 17.3 Å². The molecule has 0 radical (unpaired) electrons. The smallest absolute Gasteiger partial charge is 0.129 e. The molecule has 3 nitrogen and oxygen atoms in total. The Labute approximate surface area is 124 Å². The summed E-state index contributed by atoms with van der Waals surface area (Å²) in [5.41, 5.74) is 2.99. The second-order valence-electron chi connectivity index (χ2n) is 3.76. The summed E-state index contributed by atoms with van der Waals surface area (Å²) < 4.78 is 13.9. The monoisotopic (exact) mass is 319 g/mol. The van der Waals surface area contributed by atoms with Gasteiger partial charge in [-0.05, 0) is 18.2 Å². The van der Waals surface area contributed by atoms with Crippen molar-refractivity contribution in [1.82, 2.24) is 10.4 Å². The Hall–Kier alpha value is -0.910. The van der Waals surface area contributed by atoms with Crippen LogP contribution in [0.3, 0.4) is 0 Å². The van der Waals surface area contributed by atoms with Gasteiger partial charge in [-0.3, -0.25) is 10.8 Å². The van der Waals surface area contributed by atoms with E-state index in [0.717, 1.165) is 0 Å². The molecule has 1 heterocycles. The van der Waals surface area contributed by atoms with Gasteiger partial charge in [-0.2, -0.15) is 0 Å². The van der Waals surface area contributed by atoms with Gasteiger partial charge in [0.25, 0.3) is 0 Å². The lowest BCUT2D eigenvalue weighted by Gasteiger charge is -2.19. The molecule has 1 atom stereocenters. The first kappa shape index (κ1) is 14.5. The maximum Gasteiger partial charge on any atom is 0.129 e. The summed E-state index contributed by atoms with van der Waals surface area (Å²) in [6, 6.07) is 5.10. The number of benzene rings is 1. The van der Waals surface area contributed by atoms with E-state index in [2.05, 4.69) is 10.4 Å². The fraction of sp³-hybridized carbons (Fsp3) is 0.0833. The molecule has 0 fully saturated rings. The first-order chi connectivity index (χ1) is 9.04. The predicted molar refractivity (Wildman–Crippen MR) is 74.8 cm³/mol. The van der Waals surface area contributed by atoms with Gasteiger partial charge in [-0.1, -0.05) is 40.9 Å².